The first kappa shape index (κ1) is 12.6. The number of carbonyl (C=O) groups is 1. The van der Waals surface area contributed by atoms with E-state index in [0.717, 1.165) is 24.3 Å². The van der Waals surface area contributed by atoms with Crippen molar-refractivity contribution in [3.63, 3.8) is 0 Å². The van der Waals surface area contributed by atoms with E-state index in [2.05, 4.69) is 18.7 Å². The Morgan fingerprint density at radius 3 is 2.47 bits per heavy atom. The molecule has 3 heteroatoms. The van der Waals surface area contributed by atoms with Gasteiger partial charge in [-0.05, 0) is 44.6 Å². The summed E-state index contributed by atoms with van der Waals surface area (Å²) in [5.41, 5.74) is 1.14. The second kappa shape index (κ2) is 5.21. The van der Waals surface area contributed by atoms with Gasteiger partial charge in [0, 0.05) is 18.2 Å². The topological polar surface area (TPSA) is 40.5 Å². The van der Waals surface area contributed by atoms with Gasteiger partial charge >= 0.3 is 5.97 Å². The van der Waals surface area contributed by atoms with Crippen LogP contribution < -0.4 is 0 Å². The summed E-state index contributed by atoms with van der Waals surface area (Å²) >= 11 is 0. The fourth-order valence-electron chi connectivity index (χ4n) is 3.21. The minimum absolute atomic E-state index is 0.609. The van der Waals surface area contributed by atoms with E-state index in [1.54, 1.807) is 0 Å². The van der Waals surface area contributed by atoms with Gasteiger partial charge in [0.2, 0.25) is 0 Å². The molecule has 0 aliphatic carbocycles. The highest BCUT2D eigenvalue weighted by atomic mass is 16.4. The molecular formula is C14H23NO2. The lowest BCUT2D eigenvalue weighted by Crippen LogP contribution is -2.41. The Kier molecular flexibility index (Phi) is 3.87. The molecule has 96 valence electrons. The highest BCUT2D eigenvalue weighted by molar-refractivity contribution is 5.80. The molecule has 2 fully saturated rings. The summed E-state index contributed by atoms with van der Waals surface area (Å²) < 4.78 is 0. The Labute approximate surface area is 103 Å². The van der Waals surface area contributed by atoms with Crippen LogP contribution in [0.25, 0.3) is 0 Å². The Morgan fingerprint density at radius 1 is 1.41 bits per heavy atom. The van der Waals surface area contributed by atoms with Gasteiger partial charge in [-0.15, -0.1) is 0 Å². The molecule has 2 aliphatic rings. The van der Waals surface area contributed by atoms with E-state index >= 15 is 0 Å². The Bertz CT molecular complexity index is 306. The highest BCUT2D eigenvalue weighted by Crippen LogP contribution is 2.38. The van der Waals surface area contributed by atoms with Gasteiger partial charge < -0.3 is 5.11 Å². The van der Waals surface area contributed by atoms with Crippen molar-refractivity contribution in [1.29, 1.82) is 0 Å². The third-order valence-electron chi connectivity index (χ3n) is 4.06. The molecule has 0 saturated carbocycles. The van der Waals surface area contributed by atoms with Gasteiger partial charge in [0.15, 0.2) is 0 Å². The van der Waals surface area contributed by atoms with Crippen LogP contribution in [0.5, 0.6) is 0 Å². The van der Waals surface area contributed by atoms with Crippen molar-refractivity contribution < 1.29 is 9.90 Å². The molecule has 2 heterocycles. The third kappa shape index (κ3) is 3.09. The summed E-state index contributed by atoms with van der Waals surface area (Å²) in [4.78, 5) is 13.3. The number of fused-ring (bicyclic) bond motifs is 2. The van der Waals surface area contributed by atoms with Crippen molar-refractivity contribution in [2.45, 2.75) is 58.0 Å². The molecule has 2 aliphatic heterocycles. The van der Waals surface area contributed by atoms with Crippen LogP contribution in [-0.4, -0.2) is 34.6 Å². The number of carboxylic acid groups (broad SMARTS) is 1. The van der Waals surface area contributed by atoms with Crippen LogP contribution in [-0.2, 0) is 4.79 Å². The van der Waals surface area contributed by atoms with Crippen molar-refractivity contribution in [3.05, 3.63) is 11.6 Å². The largest absolute Gasteiger partial charge is 0.478 e. The summed E-state index contributed by atoms with van der Waals surface area (Å²) in [6, 6.07) is 1.22. The minimum atomic E-state index is -0.782. The zero-order chi connectivity index (χ0) is 12.4. The van der Waals surface area contributed by atoms with Crippen LogP contribution in [0.15, 0.2) is 11.6 Å². The van der Waals surface area contributed by atoms with Gasteiger partial charge in [-0.3, -0.25) is 4.90 Å². The summed E-state index contributed by atoms with van der Waals surface area (Å²) in [6.45, 7) is 5.72. The summed E-state index contributed by atoms with van der Waals surface area (Å²) in [6.07, 6.45) is 7.14. The van der Waals surface area contributed by atoms with Crippen LogP contribution in [0.2, 0.25) is 0 Å². The standard InChI is InChI=1S/C14H23NO2/c1-10(2)5-6-15-12-3-4-13(15)8-11(7-12)9-14(16)17/h9-10,12-13H,3-8H2,1-2H3,(H,16,17). The van der Waals surface area contributed by atoms with Gasteiger partial charge in [-0.25, -0.2) is 4.79 Å². The van der Waals surface area contributed by atoms with E-state index in [1.165, 1.54) is 31.9 Å². The van der Waals surface area contributed by atoms with Gasteiger partial charge in [0.05, 0.1) is 0 Å². The summed E-state index contributed by atoms with van der Waals surface area (Å²) in [5.74, 6) is -0.0274. The minimum Gasteiger partial charge on any atom is -0.478 e. The molecule has 0 amide bonds. The SMILES string of the molecule is CC(C)CCN1C2CCC1CC(=CC(=O)O)C2. The average Bonchev–Trinajstić information content (AvgIpc) is 2.45. The molecule has 2 unspecified atom stereocenters. The van der Waals surface area contributed by atoms with Crippen LogP contribution >= 0.6 is 0 Å². The molecule has 0 aromatic heterocycles. The van der Waals surface area contributed by atoms with E-state index in [9.17, 15) is 4.79 Å². The second-order valence-electron chi connectivity index (χ2n) is 5.85. The summed E-state index contributed by atoms with van der Waals surface area (Å²) in [5, 5.41) is 8.81. The van der Waals surface area contributed by atoms with Crippen LogP contribution in [0.4, 0.5) is 0 Å². The molecule has 0 spiro atoms. The zero-order valence-electron chi connectivity index (χ0n) is 10.9. The van der Waals surface area contributed by atoms with Crippen LogP contribution in [0.1, 0.15) is 46.0 Å². The van der Waals surface area contributed by atoms with Crippen molar-refractivity contribution in [1.82, 2.24) is 4.90 Å². The molecule has 2 saturated heterocycles. The first-order valence-electron chi connectivity index (χ1n) is 6.74. The van der Waals surface area contributed by atoms with Crippen molar-refractivity contribution in [2.75, 3.05) is 6.54 Å². The predicted octanol–water partition coefficient (Wildman–Crippen LogP) is 2.67. The van der Waals surface area contributed by atoms with E-state index < -0.39 is 5.97 Å². The second-order valence-corrected chi connectivity index (χ2v) is 5.85. The van der Waals surface area contributed by atoms with Gasteiger partial charge in [-0.1, -0.05) is 19.4 Å². The van der Waals surface area contributed by atoms with Crippen LogP contribution in [0.3, 0.4) is 0 Å². The van der Waals surface area contributed by atoms with E-state index in [-0.39, 0.29) is 0 Å². The van der Waals surface area contributed by atoms with Gasteiger partial charge in [0.1, 0.15) is 0 Å². The van der Waals surface area contributed by atoms with Crippen LogP contribution in [0, 0.1) is 5.92 Å². The molecule has 0 aromatic rings. The highest BCUT2D eigenvalue weighted by Gasteiger charge is 2.38. The molecule has 1 N–H and O–H groups in total. The first-order chi connectivity index (χ1) is 8.06. The molecule has 2 rings (SSSR count). The van der Waals surface area contributed by atoms with E-state index in [1.807, 2.05) is 0 Å². The molecule has 2 atom stereocenters. The monoisotopic (exact) mass is 237 g/mol. The zero-order valence-corrected chi connectivity index (χ0v) is 10.9. The molecule has 3 nitrogen and oxygen atoms in total. The number of rotatable bonds is 4. The summed E-state index contributed by atoms with van der Waals surface area (Å²) in [7, 11) is 0. The molecular weight excluding hydrogens is 214 g/mol. The van der Waals surface area contributed by atoms with Crippen molar-refractivity contribution in [3.8, 4) is 0 Å². The molecule has 17 heavy (non-hydrogen) atoms. The lowest BCUT2D eigenvalue weighted by molar-refractivity contribution is -0.131. The smallest absolute Gasteiger partial charge is 0.328 e. The average molecular weight is 237 g/mol. The predicted molar refractivity (Wildman–Crippen MR) is 67.9 cm³/mol. The lowest BCUT2D eigenvalue weighted by Gasteiger charge is -2.36. The molecule has 2 bridgehead atoms. The Hall–Kier alpha value is -0.830. The van der Waals surface area contributed by atoms with E-state index in [0.29, 0.717) is 12.1 Å². The Balaban J connectivity index is 1.96. The first-order valence-corrected chi connectivity index (χ1v) is 6.74. The number of piperidine rings is 1. The number of carboxylic acids is 1. The number of hydrogen-bond acceptors (Lipinski definition) is 2. The molecule has 0 radical (unpaired) electrons. The number of nitrogens with zero attached hydrogens (tertiary/aromatic N) is 1. The van der Waals surface area contributed by atoms with Crippen molar-refractivity contribution in [2.24, 2.45) is 5.92 Å². The van der Waals surface area contributed by atoms with Gasteiger partial charge in [-0.2, -0.15) is 0 Å². The van der Waals surface area contributed by atoms with Crippen molar-refractivity contribution >= 4 is 5.97 Å². The number of hydrogen-bond donors (Lipinski definition) is 1. The lowest BCUT2D eigenvalue weighted by atomic mass is 9.95. The third-order valence-corrected chi connectivity index (χ3v) is 4.06. The maximum atomic E-state index is 10.7. The Morgan fingerprint density at radius 2 is 2.00 bits per heavy atom. The normalized spacial score (nSPS) is 28.8. The maximum Gasteiger partial charge on any atom is 0.328 e. The maximum absolute atomic E-state index is 10.7. The number of aliphatic carboxylic acids is 1. The fourth-order valence-corrected chi connectivity index (χ4v) is 3.21. The van der Waals surface area contributed by atoms with Gasteiger partial charge in [0.25, 0.3) is 0 Å². The quantitative estimate of drug-likeness (QED) is 0.764. The van der Waals surface area contributed by atoms with E-state index in [4.69, 9.17) is 5.11 Å². The molecule has 0 aromatic carbocycles. The fraction of sp³-hybridized carbons (Fsp3) is 0.786.